The van der Waals surface area contributed by atoms with Gasteiger partial charge in [0, 0.05) is 19.2 Å². The summed E-state index contributed by atoms with van der Waals surface area (Å²) in [6.45, 7) is 0.667. The SMILES string of the molecule is C#CCN(CCc1c[nH]c2nc(N)[nH]c(=O)c12)c1ccc(C(=O)N[C@@H](CCC(=O)O)C(=O)O)s1. The van der Waals surface area contributed by atoms with Crippen LogP contribution in [0.3, 0.4) is 0 Å². The lowest BCUT2D eigenvalue weighted by atomic mass is 10.1. The van der Waals surface area contributed by atoms with Crippen molar-refractivity contribution < 1.29 is 24.6 Å². The van der Waals surface area contributed by atoms with Crippen molar-refractivity contribution in [3.63, 3.8) is 0 Å². The number of nitrogen functional groups attached to an aromatic ring is 1. The van der Waals surface area contributed by atoms with Crippen molar-refractivity contribution in [1.29, 1.82) is 0 Å². The van der Waals surface area contributed by atoms with Crippen LogP contribution >= 0.6 is 11.3 Å². The van der Waals surface area contributed by atoms with Gasteiger partial charge in [-0.2, -0.15) is 4.98 Å². The van der Waals surface area contributed by atoms with E-state index >= 15 is 0 Å². The number of nitrogens with one attached hydrogen (secondary N) is 3. The fraction of sp³-hybridized carbons (Fsp3) is 0.286. The molecule has 34 heavy (non-hydrogen) atoms. The van der Waals surface area contributed by atoms with Crippen LogP contribution in [0.1, 0.15) is 28.1 Å². The number of rotatable bonds is 11. The average molecular weight is 487 g/mol. The lowest BCUT2D eigenvalue weighted by Gasteiger charge is -2.20. The number of anilines is 2. The molecule has 0 radical (unpaired) electrons. The zero-order valence-electron chi connectivity index (χ0n) is 17.8. The molecule has 3 aromatic rings. The van der Waals surface area contributed by atoms with Crippen LogP contribution in [0.25, 0.3) is 11.0 Å². The summed E-state index contributed by atoms with van der Waals surface area (Å²) in [5.74, 6) is -0.520. The number of fused-ring (bicyclic) bond motifs is 1. The number of amides is 1. The summed E-state index contributed by atoms with van der Waals surface area (Å²) >= 11 is 1.12. The Morgan fingerprint density at radius 2 is 2.09 bits per heavy atom. The number of aromatic nitrogens is 3. The summed E-state index contributed by atoms with van der Waals surface area (Å²) < 4.78 is 0. The van der Waals surface area contributed by atoms with Gasteiger partial charge in [0.05, 0.1) is 21.8 Å². The van der Waals surface area contributed by atoms with Gasteiger partial charge in [0.15, 0.2) is 0 Å². The molecule has 1 atom stereocenters. The molecule has 1 amide bonds. The van der Waals surface area contributed by atoms with Crippen molar-refractivity contribution in [2.24, 2.45) is 0 Å². The number of thiophene rings is 1. The summed E-state index contributed by atoms with van der Waals surface area (Å²) in [6.07, 6.45) is 7.01. The van der Waals surface area contributed by atoms with Crippen LogP contribution in [-0.4, -0.2) is 62.1 Å². The summed E-state index contributed by atoms with van der Waals surface area (Å²) in [6, 6.07) is 1.91. The van der Waals surface area contributed by atoms with Crippen LogP contribution in [0.2, 0.25) is 0 Å². The summed E-state index contributed by atoms with van der Waals surface area (Å²) in [5, 5.41) is 21.4. The highest BCUT2D eigenvalue weighted by molar-refractivity contribution is 7.18. The Hall–Kier alpha value is -4.31. The van der Waals surface area contributed by atoms with Gasteiger partial charge in [0.2, 0.25) is 5.95 Å². The smallest absolute Gasteiger partial charge is 0.326 e. The minimum atomic E-state index is -1.32. The van der Waals surface area contributed by atoms with Crippen LogP contribution in [0, 0.1) is 12.3 Å². The molecule has 3 aromatic heterocycles. The van der Waals surface area contributed by atoms with Gasteiger partial charge in [-0.05, 0) is 30.5 Å². The number of nitrogens with zero attached hydrogens (tertiary/aromatic N) is 2. The topological polar surface area (TPSA) is 194 Å². The van der Waals surface area contributed by atoms with E-state index in [-0.39, 0.29) is 35.8 Å². The standard InChI is InChI=1S/C21H22N6O6S/c1-2-8-27(9-7-11-10-23-17-16(11)19(31)26-21(22)25-17)14-5-4-13(34-14)18(30)24-12(20(32)33)3-6-15(28)29/h1,4-5,10,12H,3,6-9H2,(H,24,30)(H,28,29)(H,32,33)(H4,22,23,25,26,31)/t12-/m0/s1. The van der Waals surface area contributed by atoms with Gasteiger partial charge < -0.3 is 31.1 Å². The third-order valence-corrected chi connectivity index (χ3v) is 6.10. The van der Waals surface area contributed by atoms with Crippen LogP contribution in [0.5, 0.6) is 0 Å². The van der Waals surface area contributed by atoms with Crippen molar-refractivity contribution in [3.8, 4) is 12.3 Å². The van der Waals surface area contributed by atoms with E-state index in [9.17, 15) is 24.3 Å². The molecule has 3 heterocycles. The number of aromatic amines is 2. The second-order valence-electron chi connectivity index (χ2n) is 7.30. The molecule has 3 rings (SSSR count). The molecular weight excluding hydrogens is 464 g/mol. The third-order valence-electron chi connectivity index (χ3n) is 4.95. The highest BCUT2D eigenvalue weighted by atomic mass is 32.1. The van der Waals surface area contributed by atoms with Crippen molar-refractivity contribution in [3.05, 3.63) is 39.1 Å². The van der Waals surface area contributed by atoms with Crippen LogP contribution in [0.4, 0.5) is 10.9 Å². The summed E-state index contributed by atoms with van der Waals surface area (Å²) in [4.78, 5) is 58.4. The van der Waals surface area contributed by atoms with Gasteiger partial charge in [-0.3, -0.25) is 19.4 Å². The molecule has 0 saturated heterocycles. The van der Waals surface area contributed by atoms with Gasteiger partial charge >= 0.3 is 11.9 Å². The van der Waals surface area contributed by atoms with Crippen molar-refractivity contribution >= 4 is 51.2 Å². The molecule has 0 aliphatic rings. The molecule has 13 heteroatoms. The maximum absolute atomic E-state index is 12.5. The number of aliphatic carboxylic acids is 2. The first-order chi connectivity index (χ1) is 16.2. The number of carboxylic acid groups (broad SMARTS) is 2. The molecule has 0 saturated carbocycles. The second-order valence-corrected chi connectivity index (χ2v) is 8.36. The monoisotopic (exact) mass is 486 g/mol. The van der Waals surface area contributed by atoms with Gasteiger partial charge in [-0.25, -0.2) is 4.79 Å². The first-order valence-corrected chi connectivity index (χ1v) is 10.9. The number of carboxylic acids is 2. The fourth-order valence-corrected chi connectivity index (χ4v) is 4.26. The van der Waals surface area contributed by atoms with E-state index in [1.165, 1.54) is 6.07 Å². The molecular formula is C21H22N6O6S. The molecule has 12 nitrogen and oxygen atoms in total. The minimum absolute atomic E-state index is 0.0114. The predicted molar refractivity (Wildman–Crippen MR) is 126 cm³/mol. The van der Waals surface area contributed by atoms with E-state index in [0.717, 1.165) is 16.9 Å². The van der Waals surface area contributed by atoms with Gasteiger partial charge in [0.1, 0.15) is 11.7 Å². The summed E-state index contributed by atoms with van der Waals surface area (Å²) in [5.41, 5.74) is 6.32. The first kappa shape index (κ1) is 24.3. The van der Waals surface area contributed by atoms with Gasteiger partial charge in [-0.15, -0.1) is 17.8 Å². The average Bonchev–Trinajstić information content (AvgIpc) is 3.41. The van der Waals surface area contributed by atoms with Gasteiger partial charge in [0.25, 0.3) is 11.5 Å². The molecule has 0 bridgehead atoms. The van der Waals surface area contributed by atoms with Crippen LogP contribution < -0.4 is 21.5 Å². The zero-order chi connectivity index (χ0) is 24.8. The van der Waals surface area contributed by atoms with E-state index < -0.39 is 23.9 Å². The maximum atomic E-state index is 12.5. The molecule has 0 aromatic carbocycles. The number of hydrogen-bond acceptors (Lipinski definition) is 8. The first-order valence-electron chi connectivity index (χ1n) is 10.1. The van der Waals surface area contributed by atoms with E-state index in [1.54, 1.807) is 12.3 Å². The number of terminal acetylenes is 1. The molecule has 0 aliphatic carbocycles. The predicted octanol–water partition coefficient (Wildman–Crippen LogP) is 0.625. The Morgan fingerprint density at radius 3 is 2.76 bits per heavy atom. The minimum Gasteiger partial charge on any atom is -0.481 e. The Morgan fingerprint density at radius 1 is 1.32 bits per heavy atom. The van der Waals surface area contributed by atoms with Crippen molar-refractivity contribution in [2.75, 3.05) is 23.7 Å². The lowest BCUT2D eigenvalue weighted by Crippen LogP contribution is -2.40. The van der Waals surface area contributed by atoms with Crippen molar-refractivity contribution in [1.82, 2.24) is 20.3 Å². The maximum Gasteiger partial charge on any atom is 0.326 e. The van der Waals surface area contributed by atoms with Gasteiger partial charge in [-0.1, -0.05) is 5.92 Å². The second kappa shape index (κ2) is 10.5. The number of carbonyl (C=O) groups excluding carboxylic acids is 1. The number of H-pyrrole nitrogens is 2. The fourth-order valence-electron chi connectivity index (χ4n) is 3.32. The van der Waals surface area contributed by atoms with E-state index in [0.29, 0.717) is 29.0 Å². The summed E-state index contributed by atoms with van der Waals surface area (Å²) in [7, 11) is 0. The number of nitrogens with two attached hydrogens (primary N) is 1. The lowest BCUT2D eigenvalue weighted by molar-refractivity contribution is -0.140. The molecule has 0 unspecified atom stereocenters. The molecule has 0 fully saturated rings. The Labute approximate surface area is 196 Å². The molecule has 7 N–H and O–H groups in total. The third kappa shape index (κ3) is 5.73. The van der Waals surface area contributed by atoms with Crippen LogP contribution in [0.15, 0.2) is 23.1 Å². The van der Waals surface area contributed by atoms with Crippen LogP contribution in [-0.2, 0) is 16.0 Å². The Balaban J connectivity index is 1.72. The van der Waals surface area contributed by atoms with E-state index in [4.69, 9.17) is 17.3 Å². The zero-order valence-corrected chi connectivity index (χ0v) is 18.6. The Kier molecular flexibility index (Phi) is 7.54. The number of carbonyl (C=O) groups is 3. The molecule has 0 aliphatic heterocycles. The van der Waals surface area contributed by atoms with E-state index in [2.05, 4.69) is 26.2 Å². The quantitative estimate of drug-likeness (QED) is 0.211. The highest BCUT2D eigenvalue weighted by Gasteiger charge is 2.23. The number of hydrogen-bond donors (Lipinski definition) is 6. The molecule has 178 valence electrons. The van der Waals surface area contributed by atoms with E-state index in [1.807, 2.05) is 4.90 Å². The Bertz CT molecular complexity index is 1320. The molecule has 0 spiro atoms. The largest absolute Gasteiger partial charge is 0.481 e. The normalized spacial score (nSPS) is 11.6. The van der Waals surface area contributed by atoms with Crippen molar-refractivity contribution in [2.45, 2.75) is 25.3 Å². The highest BCUT2D eigenvalue weighted by Crippen LogP contribution is 2.27.